The van der Waals surface area contributed by atoms with Crippen LogP contribution in [0.2, 0.25) is 5.15 Å². The fraction of sp³-hybridized carbons (Fsp3) is 0.733. The second-order valence-electron chi connectivity index (χ2n) is 5.93. The van der Waals surface area contributed by atoms with Gasteiger partial charge in [-0.1, -0.05) is 25.4 Å². The van der Waals surface area contributed by atoms with Gasteiger partial charge in [-0.25, -0.2) is 9.97 Å². The van der Waals surface area contributed by atoms with Gasteiger partial charge >= 0.3 is 0 Å². The van der Waals surface area contributed by atoms with E-state index in [2.05, 4.69) is 41.1 Å². The lowest BCUT2D eigenvalue weighted by atomic mass is 9.94. The van der Waals surface area contributed by atoms with Crippen LogP contribution < -0.4 is 5.32 Å². The van der Waals surface area contributed by atoms with Crippen LogP contribution in [0.5, 0.6) is 0 Å². The summed E-state index contributed by atoms with van der Waals surface area (Å²) in [4.78, 5) is 11.4. The number of nitrogens with zero attached hydrogens (tertiary/aromatic N) is 3. The number of aromatic nitrogens is 2. The molecular formula is C15H25ClN4. The van der Waals surface area contributed by atoms with Gasteiger partial charge in [0.15, 0.2) is 0 Å². The lowest BCUT2D eigenvalue weighted by Gasteiger charge is -2.35. The zero-order chi connectivity index (χ0) is 14.7. The average molecular weight is 297 g/mol. The number of rotatable bonds is 4. The second kappa shape index (κ2) is 6.72. The molecule has 1 aliphatic rings. The van der Waals surface area contributed by atoms with Crippen molar-refractivity contribution in [3.8, 4) is 0 Å². The molecule has 112 valence electrons. The largest absolute Gasteiger partial charge is 0.367 e. The highest BCUT2D eigenvalue weighted by atomic mass is 35.5. The van der Waals surface area contributed by atoms with Gasteiger partial charge in [-0.15, -0.1) is 0 Å². The van der Waals surface area contributed by atoms with Crippen molar-refractivity contribution in [1.82, 2.24) is 14.9 Å². The van der Waals surface area contributed by atoms with Gasteiger partial charge in [-0.05, 0) is 39.3 Å². The standard InChI is InChI=1S/C15H25ClN4/c1-5-6-13-18-14(16)11(3)15(19-13)17-12-7-8-20(4)9-10(12)2/h10,12H,5-9H2,1-4H3,(H,17,18,19). The Kier molecular flexibility index (Phi) is 5.22. The van der Waals surface area contributed by atoms with Crippen LogP contribution >= 0.6 is 11.6 Å². The van der Waals surface area contributed by atoms with Crippen molar-refractivity contribution < 1.29 is 0 Å². The highest BCUT2D eigenvalue weighted by Gasteiger charge is 2.25. The van der Waals surface area contributed by atoms with Crippen molar-refractivity contribution in [1.29, 1.82) is 0 Å². The minimum Gasteiger partial charge on any atom is -0.367 e. The molecule has 5 heteroatoms. The SMILES string of the molecule is CCCc1nc(Cl)c(C)c(NC2CCN(C)CC2C)n1. The molecule has 2 atom stereocenters. The molecule has 1 aromatic rings. The Labute approximate surface area is 126 Å². The van der Waals surface area contributed by atoms with E-state index in [1.807, 2.05) is 6.92 Å². The quantitative estimate of drug-likeness (QED) is 0.867. The Morgan fingerprint density at radius 1 is 1.40 bits per heavy atom. The molecule has 0 spiro atoms. The Balaban J connectivity index is 2.15. The van der Waals surface area contributed by atoms with Crippen LogP contribution in [0.15, 0.2) is 0 Å². The van der Waals surface area contributed by atoms with Crippen LogP contribution in [0.4, 0.5) is 5.82 Å². The molecule has 0 radical (unpaired) electrons. The predicted molar refractivity (Wildman–Crippen MR) is 84.5 cm³/mol. The first-order valence-electron chi connectivity index (χ1n) is 7.49. The first-order valence-corrected chi connectivity index (χ1v) is 7.87. The van der Waals surface area contributed by atoms with E-state index in [0.29, 0.717) is 17.1 Å². The molecule has 1 fully saturated rings. The lowest BCUT2D eigenvalue weighted by molar-refractivity contribution is 0.206. The molecule has 1 aromatic heterocycles. The number of anilines is 1. The Hall–Kier alpha value is -0.870. The molecule has 20 heavy (non-hydrogen) atoms. The zero-order valence-corrected chi connectivity index (χ0v) is 13.7. The monoisotopic (exact) mass is 296 g/mol. The van der Waals surface area contributed by atoms with Gasteiger partial charge in [0.2, 0.25) is 0 Å². The third-order valence-electron chi connectivity index (χ3n) is 4.04. The minimum absolute atomic E-state index is 0.463. The Bertz CT molecular complexity index is 463. The summed E-state index contributed by atoms with van der Waals surface area (Å²) in [6, 6.07) is 0.463. The molecule has 2 heterocycles. The predicted octanol–water partition coefficient (Wildman–Crippen LogP) is 3.14. The lowest BCUT2D eigenvalue weighted by Crippen LogP contribution is -2.43. The van der Waals surface area contributed by atoms with Crippen LogP contribution in [0.3, 0.4) is 0 Å². The summed E-state index contributed by atoms with van der Waals surface area (Å²) in [5.74, 6) is 2.36. The number of piperidine rings is 1. The van der Waals surface area contributed by atoms with Crippen molar-refractivity contribution in [2.45, 2.75) is 46.1 Å². The van der Waals surface area contributed by atoms with Crippen LogP contribution in [0.25, 0.3) is 0 Å². The van der Waals surface area contributed by atoms with E-state index >= 15 is 0 Å². The third kappa shape index (κ3) is 3.61. The van der Waals surface area contributed by atoms with Crippen molar-refractivity contribution in [2.24, 2.45) is 5.92 Å². The van der Waals surface area contributed by atoms with E-state index in [-0.39, 0.29) is 0 Å². The van der Waals surface area contributed by atoms with Crippen LogP contribution in [0.1, 0.15) is 38.1 Å². The summed E-state index contributed by atoms with van der Waals surface area (Å²) >= 11 is 6.23. The second-order valence-corrected chi connectivity index (χ2v) is 6.29. The van der Waals surface area contributed by atoms with Gasteiger partial charge in [0.05, 0.1) is 0 Å². The van der Waals surface area contributed by atoms with E-state index in [9.17, 15) is 0 Å². The third-order valence-corrected chi connectivity index (χ3v) is 4.40. The van der Waals surface area contributed by atoms with Gasteiger partial charge < -0.3 is 10.2 Å². The van der Waals surface area contributed by atoms with Gasteiger partial charge in [0.25, 0.3) is 0 Å². The fourth-order valence-electron chi connectivity index (χ4n) is 2.75. The molecule has 2 unspecified atom stereocenters. The molecule has 0 bridgehead atoms. The van der Waals surface area contributed by atoms with Gasteiger partial charge in [0, 0.05) is 24.6 Å². The van der Waals surface area contributed by atoms with Crippen molar-refractivity contribution in [3.05, 3.63) is 16.5 Å². The minimum atomic E-state index is 0.463. The summed E-state index contributed by atoms with van der Waals surface area (Å²) in [5, 5.41) is 4.17. The highest BCUT2D eigenvalue weighted by Crippen LogP contribution is 2.25. The van der Waals surface area contributed by atoms with Crippen LogP contribution in [0, 0.1) is 12.8 Å². The summed E-state index contributed by atoms with van der Waals surface area (Å²) in [6.07, 6.45) is 3.04. The van der Waals surface area contributed by atoms with Crippen molar-refractivity contribution >= 4 is 17.4 Å². The van der Waals surface area contributed by atoms with E-state index in [4.69, 9.17) is 11.6 Å². The molecule has 1 saturated heterocycles. The first-order chi connectivity index (χ1) is 9.51. The number of halogens is 1. The molecule has 0 aliphatic carbocycles. The maximum Gasteiger partial charge on any atom is 0.137 e. The maximum absolute atomic E-state index is 6.23. The number of hydrogen-bond donors (Lipinski definition) is 1. The van der Waals surface area contributed by atoms with Gasteiger partial charge in [-0.3, -0.25) is 0 Å². The van der Waals surface area contributed by atoms with Crippen LogP contribution in [-0.2, 0) is 6.42 Å². The fourth-order valence-corrected chi connectivity index (χ4v) is 2.94. The van der Waals surface area contributed by atoms with Crippen LogP contribution in [-0.4, -0.2) is 41.0 Å². The summed E-state index contributed by atoms with van der Waals surface area (Å²) in [5.41, 5.74) is 0.956. The van der Waals surface area contributed by atoms with E-state index in [0.717, 1.165) is 49.6 Å². The number of likely N-dealkylation sites (tertiary alicyclic amines) is 1. The highest BCUT2D eigenvalue weighted by molar-refractivity contribution is 6.30. The summed E-state index contributed by atoms with van der Waals surface area (Å²) in [7, 11) is 2.18. The van der Waals surface area contributed by atoms with E-state index < -0.39 is 0 Å². The maximum atomic E-state index is 6.23. The smallest absolute Gasteiger partial charge is 0.137 e. The van der Waals surface area contributed by atoms with Crippen molar-refractivity contribution in [2.75, 3.05) is 25.5 Å². The molecule has 0 saturated carbocycles. The topological polar surface area (TPSA) is 41.1 Å². The zero-order valence-electron chi connectivity index (χ0n) is 12.9. The molecule has 0 amide bonds. The molecular weight excluding hydrogens is 272 g/mol. The number of nitrogens with one attached hydrogen (secondary N) is 1. The molecule has 4 nitrogen and oxygen atoms in total. The summed E-state index contributed by atoms with van der Waals surface area (Å²) in [6.45, 7) is 8.65. The Morgan fingerprint density at radius 2 is 2.15 bits per heavy atom. The number of hydrogen-bond acceptors (Lipinski definition) is 4. The molecule has 1 N–H and O–H groups in total. The Morgan fingerprint density at radius 3 is 2.80 bits per heavy atom. The van der Waals surface area contributed by atoms with E-state index in [1.54, 1.807) is 0 Å². The normalized spacial score (nSPS) is 23.9. The summed E-state index contributed by atoms with van der Waals surface area (Å²) < 4.78 is 0. The molecule has 2 rings (SSSR count). The number of aryl methyl sites for hydroxylation is 1. The van der Waals surface area contributed by atoms with Crippen molar-refractivity contribution in [3.63, 3.8) is 0 Å². The first kappa shape index (κ1) is 15.5. The van der Waals surface area contributed by atoms with Gasteiger partial charge in [-0.2, -0.15) is 0 Å². The van der Waals surface area contributed by atoms with Gasteiger partial charge in [0.1, 0.15) is 16.8 Å². The van der Waals surface area contributed by atoms with E-state index in [1.165, 1.54) is 0 Å². The molecule has 1 aliphatic heterocycles. The molecule has 0 aromatic carbocycles. The average Bonchev–Trinajstić information content (AvgIpc) is 2.39.